The van der Waals surface area contributed by atoms with Gasteiger partial charge in [0, 0.05) is 18.3 Å². The highest BCUT2D eigenvalue weighted by Crippen LogP contribution is 2.35. The second-order valence-corrected chi connectivity index (χ2v) is 5.27. The van der Waals surface area contributed by atoms with Gasteiger partial charge >= 0.3 is 0 Å². The minimum absolute atomic E-state index is 1.07. The van der Waals surface area contributed by atoms with E-state index >= 15 is 0 Å². The molecule has 0 radical (unpaired) electrons. The summed E-state index contributed by atoms with van der Waals surface area (Å²) in [6, 6.07) is 14.6. The number of nitrogens with one attached hydrogen (secondary N) is 1. The predicted molar refractivity (Wildman–Crippen MR) is 79.3 cm³/mol. The van der Waals surface area contributed by atoms with Crippen LogP contribution in [0.15, 0.2) is 42.5 Å². The molecule has 90 valence electrons. The van der Waals surface area contributed by atoms with Crippen LogP contribution in [0.2, 0.25) is 0 Å². The predicted octanol–water partition coefficient (Wildman–Crippen LogP) is 4.31. The second kappa shape index (κ2) is 4.42. The molecule has 1 aromatic heterocycles. The lowest BCUT2D eigenvalue weighted by molar-refractivity contribution is 1.41. The summed E-state index contributed by atoms with van der Waals surface area (Å²) in [6.07, 6.45) is 0. The Morgan fingerprint density at radius 3 is 2.67 bits per heavy atom. The fourth-order valence-corrected chi connectivity index (χ4v) is 3.17. The smallest absolute Gasteiger partial charge is 0.126 e. The van der Waals surface area contributed by atoms with E-state index in [0.717, 1.165) is 16.2 Å². The van der Waals surface area contributed by atoms with Crippen LogP contribution in [-0.2, 0) is 0 Å². The molecule has 0 atom stereocenters. The molecule has 3 aromatic rings. The summed E-state index contributed by atoms with van der Waals surface area (Å²) < 4.78 is 1.25. The Kier molecular flexibility index (Phi) is 2.76. The molecule has 1 heterocycles. The molecule has 0 spiro atoms. The van der Waals surface area contributed by atoms with E-state index in [4.69, 9.17) is 4.98 Å². The zero-order valence-corrected chi connectivity index (χ0v) is 11.2. The van der Waals surface area contributed by atoms with Crippen LogP contribution < -0.4 is 5.32 Å². The number of hydrogen-bond donors (Lipinski definition) is 1. The van der Waals surface area contributed by atoms with Crippen molar-refractivity contribution in [3.8, 4) is 10.6 Å². The maximum atomic E-state index is 4.77. The molecule has 3 heteroatoms. The summed E-state index contributed by atoms with van der Waals surface area (Å²) >= 11 is 1.74. The molecule has 0 saturated carbocycles. The van der Waals surface area contributed by atoms with Gasteiger partial charge in [-0.1, -0.05) is 24.3 Å². The van der Waals surface area contributed by atoms with Crippen LogP contribution in [0.3, 0.4) is 0 Å². The van der Waals surface area contributed by atoms with Gasteiger partial charge in [0.2, 0.25) is 0 Å². The first-order chi connectivity index (χ1) is 8.79. The number of aromatic nitrogens is 1. The van der Waals surface area contributed by atoms with Crippen LogP contribution in [0.5, 0.6) is 0 Å². The SMILES string of the molecule is CNc1ccccc1-c1nc2c(C)cccc2s1. The van der Waals surface area contributed by atoms with E-state index in [9.17, 15) is 0 Å². The van der Waals surface area contributed by atoms with Gasteiger partial charge in [-0.15, -0.1) is 11.3 Å². The zero-order valence-electron chi connectivity index (χ0n) is 10.4. The van der Waals surface area contributed by atoms with E-state index in [0.29, 0.717) is 0 Å². The van der Waals surface area contributed by atoms with Crippen LogP contribution in [0, 0.1) is 6.92 Å². The van der Waals surface area contributed by atoms with Crippen molar-refractivity contribution in [1.82, 2.24) is 4.98 Å². The van der Waals surface area contributed by atoms with E-state index in [1.54, 1.807) is 11.3 Å². The maximum absolute atomic E-state index is 4.77. The number of benzene rings is 2. The van der Waals surface area contributed by atoms with Gasteiger partial charge in [-0.05, 0) is 30.7 Å². The fourth-order valence-electron chi connectivity index (χ4n) is 2.09. The van der Waals surface area contributed by atoms with Crippen molar-refractivity contribution in [2.75, 3.05) is 12.4 Å². The van der Waals surface area contributed by atoms with Gasteiger partial charge in [0.25, 0.3) is 0 Å². The van der Waals surface area contributed by atoms with Crippen molar-refractivity contribution in [2.45, 2.75) is 6.92 Å². The lowest BCUT2D eigenvalue weighted by Crippen LogP contribution is -1.90. The Bertz CT molecular complexity index is 701. The highest BCUT2D eigenvalue weighted by Gasteiger charge is 2.10. The molecule has 1 N–H and O–H groups in total. The Hall–Kier alpha value is -1.87. The molecular formula is C15H14N2S. The molecule has 0 aliphatic carbocycles. The van der Waals surface area contributed by atoms with E-state index in [1.165, 1.54) is 15.8 Å². The topological polar surface area (TPSA) is 24.9 Å². The van der Waals surface area contributed by atoms with E-state index in [-0.39, 0.29) is 0 Å². The quantitative estimate of drug-likeness (QED) is 0.737. The molecule has 2 aromatic carbocycles. The Morgan fingerprint density at radius 2 is 1.89 bits per heavy atom. The number of hydrogen-bond acceptors (Lipinski definition) is 3. The van der Waals surface area contributed by atoms with Crippen LogP contribution >= 0.6 is 11.3 Å². The van der Waals surface area contributed by atoms with Crippen LogP contribution in [-0.4, -0.2) is 12.0 Å². The number of thiazole rings is 1. The van der Waals surface area contributed by atoms with Crippen molar-refractivity contribution < 1.29 is 0 Å². The van der Waals surface area contributed by atoms with Crippen molar-refractivity contribution in [3.63, 3.8) is 0 Å². The maximum Gasteiger partial charge on any atom is 0.126 e. The summed E-state index contributed by atoms with van der Waals surface area (Å²) in [6.45, 7) is 2.11. The molecule has 3 rings (SSSR count). The molecule has 18 heavy (non-hydrogen) atoms. The van der Waals surface area contributed by atoms with Gasteiger partial charge in [-0.2, -0.15) is 0 Å². The number of fused-ring (bicyclic) bond motifs is 1. The molecule has 0 aliphatic heterocycles. The third kappa shape index (κ3) is 1.77. The van der Waals surface area contributed by atoms with Gasteiger partial charge in [-0.3, -0.25) is 0 Å². The van der Waals surface area contributed by atoms with Gasteiger partial charge in [0.15, 0.2) is 0 Å². The molecule has 0 saturated heterocycles. The zero-order chi connectivity index (χ0) is 12.5. The third-order valence-corrected chi connectivity index (χ3v) is 4.10. The monoisotopic (exact) mass is 254 g/mol. The lowest BCUT2D eigenvalue weighted by atomic mass is 10.2. The highest BCUT2D eigenvalue weighted by atomic mass is 32.1. The highest BCUT2D eigenvalue weighted by molar-refractivity contribution is 7.21. The summed E-state index contributed by atoms with van der Waals surface area (Å²) in [5.41, 5.74) is 4.63. The Morgan fingerprint density at radius 1 is 1.06 bits per heavy atom. The molecule has 0 unspecified atom stereocenters. The first-order valence-electron chi connectivity index (χ1n) is 5.93. The van der Waals surface area contributed by atoms with Gasteiger partial charge < -0.3 is 5.32 Å². The number of anilines is 1. The van der Waals surface area contributed by atoms with E-state index in [2.05, 4.69) is 48.6 Å². The standard InChI is InChI=1S/C15H14N2S/c1-10-6-5-9-13-14(10)17-15(18-13)11-7-3-4-8-12(11)16-2/h3-9,16H,1-2H3. The van der Waals surface area contributed by atoms with Gasteiger partial charge in [0.1, 0.15) is 5.01 Å². The van der Waals surface area contributed by atoms with Crippen LogP contribution in [0.25, 0.3) is 20.8 Å². The second-order valence-electron chi connectivity index (χ2n) is 4.24. The number of para-hydroxylation sites is 2. The first-order valence-corrected chi connectivity index (χ1v) is 6.74. The minimum Gasteiger partial charge on any atom is -0.388 e. The summed E-state index contributed by atoms with van der Waals surface area (Å²) in [7, 11) is 1.94. The van der Waals surface area contributed by atoms with Crippen LogP contribution in [0.4, 0.5) is 5.69 Å². The average molecular weight is 254 g/mol. The van der Waals surface area contributed by atoms with Gasteiger partial charge in [0.05, 0.1) is 10.2 Å². The molecule has 0 bridgehead atoms. The normalized spacial score (nSPS) is 10.8. The van der Waals surface area contributed by atoms with E-state index < -0.39 is 0 Å². The summed E-state index contributed by atoms with van der Waals surface area (Å²) in [5, 5.41) is 4.29. The molecule has 0 aliphatic rings. The fraction of sp³-hybridized carbons (Fsp3) is 0.133. The third-order valence-electron chi connectivity index (χ3n) is 3.05. The van der Waals surface area contributed by atoms with Crippen molar-refractivity contribution in [1.29, 1.82) is 0 Å². The van der Waals surface area contributed by atoms with Crippen molar-refractivity contribution in [2.24, 2.45) is 0 Å². The Labute approximate surface area is 110 Å². The number of nitrogens with zero attached hydrogens (tertiary/aromatic N) is 1. The summed E-state index contributed by atoms with van der Waals surface area (Å²) in [4.78, 5) is 4.77. The average Bonchev–Trinajstić information content (AvgIpc) is 2.84. The number of rotatable bonds is 2. The minimum atomic E-state index is 1.07. The molecular weight excluding hydrogens is 240 g/mol. The van der Waals surface area contributed by atoms with Crippen molar-refractivity contribution >= 4 is 27.2 Å². The van der Waals surface area contributed by atoms with Crippen LogP contribution in [0.1, 0.15) is 5.56 Å². The first kappa shape index (κ1) is 11.2. The number of aryl methyl sites for hydroxylation is 1. The van der Waals surface area contributed by atoms with Crippen molar-refractivity contribution in [3.05, 3.63) is 48.0 Å². The van der Waals surface area contributed by atoms with E-state index in [1.807, 2.05) is 13.1 Å². The lowest BCUT2D eigenvalue weighted by Gasteiger charge is -2.04. The molecule has 0 amide bonds. The largest absolute Gasteiger partial charge is 0.388 e. The Balaban J connectivity index is 2.23. The summed E-state index contributed by atoms with van der Waals surface area (Å²) in [5.74, 6) is 0. The molecule has 2 nitrogen and oxygen atoms in total. The molecule has 0 fully saturated rings. The van der Waals surface area contributed by atoms with Gasteiger partial charge in [-0.25, -0.2) is 4.98 Å².